The molecule has 4 N–H and O–H groups in total. The average Bonchev–Trinajstić information content (AvgIpc) is 2.57. The number of aliphatic hydroxyl groups is 3. The fourth-order valence-electron chi connectivity index (χ4n) is 1.78. The summed E-state index contributed by atoms with van der Waals surface area (Å²) >= 11 is 0. The van der Waals surface area contributed by atoms with Crippen molar-refractivity contribution in [1.82, 2.24) is 0 Å². The summed E-state index contributed by atoms with van der Waals surface area (Å²) in [6, 6.07) is 0. The summed E-state index contributed by atoms with van der Waals surface area (Å²) in [5, 5.41) is 37.2. The van der Waals surface area contributed by atoms with Gasteiger partial charge in [-0.3, -0.25) is 4.79 Å². The Hall–Kier alpha value is -1.95. The third kappa shape index (κ3) is 16.7. The van der Waals surface area contributed by atoms with Crippen molar-refractivity contribution in [3.05, 3.63) is 60.8 Å². The Bertz CT molecular complexity index is 488. The molecule has 0 aliphatic rings. The highest BCUT2D eigenvalue weighted by Gasteiger charge is 2.01. The van der Waals surface area contributed by atoms with E-state index in [1.807, 2.05) is 13.0 Å². The molecule has 0 aromatic heterocycles. The summed E-state index contributed by atoms with van der Waals surface area (Å²) in [5.74, 6) is -0.857. The predicted molar refractivity (Wildman–Crippen MR) is 100 cm³/mol. The minimum Gasteiger partial charge on any atom is -0.481 e. The van der Waals surface area contributed by atoms with Crippen LogP contribution in [0.1, 0.15) is 39.0 Å². The predicted octanol–water partition coefficient (Wildman–Crippen LogP) is 2.91. The van der Waals surface area contributed by atoms with E-state index in [-0.39, 0.29) is 6.42 Å². The Morgan fingerprint density at radius 1 is 0.840 bits per heavy atom. The maximum absolute atomic E-state index is 10.3. The lowest BCUT2D eigenvalue weighted by Crippen LogP contribution is -2.03. The van der Waals surface area contributed by atoms with Crippen LogP contribution in [0.2, 0.25) is 0 Å². The van der Waals surface area contributed by atoms with Crippen LogP contribution in [-0.2, 0) is 4.79 Å². The smallest absolute Gasteiger partial charge is 0.303 e. The number of aliphatic hydroxyl groups excluding tert-OH is 3. The summed E-state index contributed by atoms with van der Waals surface area (Å²) < 4.78 is 0. The van der Waals surface area contributed by atoms with E-state index in [0.29, 0.717) is 25.7 Å². The molecule has 0 rings (SSSR count). The van der Waals surface area contributed by atoms with Gasteiger partial charge in [0.05, 0.1) is 18.3 Å². The van der Waals surface area contributed by atoms with Crippen LogP contribution < -0.4 is 0 Å². The number of allylic oxidation sites excluding steroid dienone is 6. The molecule has 5 heteroatoms. The van der Waals surface area contributed by atoms with Gasteiger partial charge < -0.3 is 20.4 Å². The molecule has 0 fully saturated rings. The molecule has 25 heavy (non-hydrogen) atoms. The van der Waals surface area contributed by atoms with Crippen LogP contribution in [0, 0.1) is 0 Å². The van der Waals surface area contributed by atoms with Crippen LogP contribution in [0.4, 0.5) is 0 Å². The zero-order chi connectivity index (χ0) is 18.9. The van der Waals surface area contributed by atoms with Gasteiger partial charge >= 0.3 is 5.97 Å². The van der Waals surface area contributed by atoms with E-state index in [1.54, 1.807) is 54.7 Å². The molecule has 0 radical (unpaired) electrons. The molecule has 0 bridgehead atoms. The first-order valence-electron chi connectivity index (χ1n) is 8.56. The molecule has 0 amide bonds. The van der Waals surface area contributed by atoms with Crippen molar-refractivity contribution in [1.29, 1.82) is 0 Å². The van der Waals surface area contributed by atoms with Gasteiger partial charge in [0.15, 0.2) is 0 Å². The van der Waals surface area contributed by atoms with Crippen molar-refractivity contribution in [2.45, 2.75) is 57.3 Å². The number of rotatable bonds is 13. The average molecular weight is 350 g/mol. The van der Waals surface area contributed by atoms with Gasteiger partial charge in [-0.2, -0.15) is 0 Å². The van der Waals surface area contributed by atoms with Gasteiger partial charge in [-0.1, -0.05) is 67.7 Å². The van der Waals surface area contributed by atoms with Gasteiger partial charge in [0.25, 0.3) is 0 Å². The SMILES string of the molecule is CC[C@@H](O)/C=C/C=C\C[C@H](O)/C=C/C=C\C=C\[C@H](O)CCCC(=O)O. The lowest BCUT2D eigenvalue weighted by Gasteiger charge is -2.02. The van der Waals surface area contributed by atoms with Crippen molar-refractivity contribution in [3.8, 4) is 0 Å². The van der Waals surface area contributed by atoms with Gasteiger partial charge in [-0.15, -0.1) is 0 Å². The summed E-state index contributed by atoms with van der Waals surface area (Å²) in [4.78, 5) is 10.3. The second-order valence-corrected chi connectivity index (χ2v) is 5.60. The monoisotopic (exact) mass is 350 g/mol. The highest BCUT2D eigenvalue weighted by atomic mass is 16.4. The van der Waals surface area contributed by atoms with E-state index >= 15 is 0 Å². The molecule has 0 aromatic carbocycles. The van der Waals surface area contributed by atoms with E-state index in [1.165, 1.54) is 0 Å². The van der Waals surface area contributed by atoms with Crippen molar-refractivity contribution in [2.75, 3.05) is 0 Å². The zero-order valence-corrected chi connectivity index (χ0v) is 14.7. The Morgan fingerprint density at radius 3 is 2.00 bits per heavy atom. The molecular formula is C20H30O5. The van der Waals surface area contributed by atoms with E-state index in [9.17, 15) is 20.1 Å². The van der Waals surface area contributed by atoms with Crippen LogP contribution in [0.3, 0.4) is 0 Å². The van der Waals surface area contributed by atoms with Crippen LogP contribution in [0.25, 0.3) is 0 Å². The second-order valence-electron chi connectivity index (χ2n) is 5.60. The van der Waals surface area contributed by atoms with Gasteiger partial charge in [-0.25, -0.2) is 0 Å². The molecule has 0 spiro atoms. The standard InChI is InChI=1S/C20H30O5/c1-2-17(21)11-8-5-9-14-18(22)12-6-3-4-7-13-19(23)15-10-16-20(24)25/h3-9,11-13,17-19,21-23H,2,10,14-16H2,1H3,(H,24,25)/b4-3-,9-5-,11-8+,12-6+,13-7+/t17-,18-,19+/m1/s1. The minimum absolute atomic E-state index is 0.0603. The molecule has 3 atom stereocenters. The number of carboxylic acid groups (broad SMARTS) is 1. The third-order valence-corrected chi connectivity index (χ3v) is 3.27. The Labute approximate surface area is 150 Å². The van der Waals surface area contributed by atoms with Crippen LogP contribution in [0.15, 0.2) is 60.8 Å². The maximum atomic E-state index is 10.3. The van der Waals surface area contributed by atoms with E-state index in [4.69, 9.17) is 5.11 Å². The van der Waals surface area contributed by atoms with Crippen LogP contribution >= 0.6 is 0 Å². The van der Waals surface area contributed by atoms with Crippen LogP contribution in [-0.4, -0.2) is 44.7 Å². The van der Waals surface area contributed by atoms with Gasteiger partial charge in [0.2, 0.25) is 0 Å². The first-order valence-corrected chi connectivity index (χ1v) is 8.56. The minimum atomic E-state index is -0.857. The highest BCUT2D eigenvalue weighted by Crippen LogP contribution is 2.02. The molecule has 0 heterocycles. The van der Waals surface area contributed by atoms with E-state index < -0.39 is 24.3 Å². The normalized spacial score (nSPS) is 16.6. The van der Waals surface area contributed by atoms with Crippen molar-refractivity contribution in [2.24, 2.45) is 0 Å². The molecular weight excluding hydrogens is 320 g/mol. The quantitative estimate of drug-likeness (QED) is 0.383. The zero-order valence-electron chi connectivity index (χ0n) is 14.7. The van der Waals surface area contributed by atoms with Crippen molar-refractivity contribution in [3.63, 3.8) is 0 Å². The molecule has 0 saturated heterocycles. The van der Waals surface area contributed by atoms with Gasteiger partial charge in [0, 0.05) is 6.42 Å². The lowest BCUT2D eigenvalue weighted by atomic mass is 10.1. The number of hydrogen-bond acceptors (Lipinski definition) is 4. The molecule has 0 unspecified atom stereocenters. The molecule has 140 valence electrons. The summed E-state index contributed by atoms with van der Waals surface area (Å²) in [5.41, 5.74) is 0. The first kappa shape index (κ1) is 23.1. The van der Waals surface area contributed by atoms with Crippen molar-refractivity contribution >= 4 is 5.97 Å². The van der Waals surface area contributed by atoms with Gasteiger partial charge in [-0.05, 0) is 25.7 Å². The van der Waals surface area contributed by atoms with E-state index in [0.717, 1.165) is 0 Å². The number of hydrogen-bond donors (Lipinski definition) is 4. The number of aliphatic carboxylic acids is 1. The maximum Gasteiger partial charge on any atom is 0.303 e. The fourth-order valence-corrected chi connectivity index (χ4v) is 1.78. The number of carboxylic acids is 1. The molecule has 0 aromatic rings. The topological polar surface area (TPSA) is 98.0 Å². The molecule has 5 nitrogen and oxygen atoms in total. The summed E-state index contributed by atoms with van der Waals surface area (Å²) in [6.45, 7) is 1.90. The first-order chi connectivity index (χ1) is 12.0. The molecule has 0 aliphatic heterocycles. The summed E-state index contributed by atoms with van der Waals surface area (Å²) in [6.07, 6.45) is 17.6. The fraction of sp³-hybridized carbons (Fsp3) is 0.450. The second kappa shape index (κ2) is 15.6. The highest BCUT2D eigenvalue weighted by molar-refractivity contribution is 5.66. The Kier molecular flexibility index (Phi) is 14.4. The summed E-state index contributed by atoms with van der Waals surface area (Å²) in [7, 11) is 0. The largest absolute Gasteiger partial charge is 0.481 e. The molecule has 0 saturated carbocycles. The number of carbonyl (C=O) groups is 1. The van der Waals surface area contributed by atoms with Crippen LogP contribution in [0.5, 0.6) is 0 Å². The third-order valence-electron chi connectivity index (χ3n) is 3.27. The van der Waals surface area contributed by atoms with Crippen molar-refractivity contribution < 1.29 is 25.2 Å². The lowest BCUT2D eigenvalue weighted by molar-refractivity contribution is -0.137. The Balaban J connectivity index is 3.95. The van der Waals surface area contributed by atoms with Gasteiger partial charge in [0.1, 0.15) is 0 Å². The Morgan fingerprint density at radius 2 is 1.40 bits per heavy atom. The van der Waals surface area contributed by atoms with E-state index in [2.05, 4.69) is 0 Å². The molecule has 0 aliphatic carbocycles.